The maximum absolute atomic E-state index is 10.6. The number of hydrogen-bond acceptors (Lipinski definition) is 9. The topological polar surface area (TPSA) is 129 Å². The van der Waals surface area contributed by atoms with Crippen LogP contribution < -0.4 is 5.32 Å². The highest BCUT2D eigenvalue weighted by Crippen LogP contribution is 2.44. The van der Waals surface area contributed by atoms with Crippen molar-refractivity contribution >= 4 is 40.3 Å². The lowest BCUT2D eigenvalue weighted by atomic mass is 10.1. The molecule has 2 unspecified atom stereocenters. The molecule has 34 heavy (non-hydrogen) atoms. The van der Waals surface area contributed by atoms with Crippen LogP contribution in [0.15, 0.2) is 23.4 Å². The Bertz CT molecular complexity index is 1190. The van der Waals surface area contributed by atoms with Crippen LogP contribution in [-0.2, 0) is 0 Å². The van der Waals surface area contributed by atoms with E-state index in [-0.39, 0.29) is 12.6 Å². The molecule has 0 radical (unpaired) electrons. The fourth-order valence-electron chi connectivity index (χ4n) is 4.71. The zero-order chi connectivity index (χ0) is 24.0. The van der Waals surface area contributed by atoms with Gasteiger partial charge in [0.25, 0.3) is 0 Å². The number of nitrogens with zero attached hydrogens (tertiary/aromatic N) is 5. The second-order valence-corrected chi connectivity index (χ2v) is 10.7. The van der Waals surface area contributed by atoms with Gasteiger partial charge in [-0.25, -0.2) is 14.6 Å². The molecular formula is C23H29ClN6O3S. The van der Waals surface area contributed by atoms with Gasteiger partial charge in [0.15, 0.2) is 22.1 Å². The summed E-state index contributed by atoms with van der Waals surface area (Å²) in [5.74, 6) is 1.45. The van der Waals surface area contributed by atoms with Gasteiger partial charge in [-0.15, -0.1) is 5.10 Å². The zero-order valence-corrected chi connectivity index (χ0v) is 20.7. The second kappa shape index (κ2) is 9.58. The van der Waals surface area contributed by atoms with Crippen LogP contribution in [0.4, 0.5) is 5.82 Å². The number of thioether (sulfide) groups is 1. The van der Waals surface area contributed by atoms with E-state index in [0.717, 1.165) is 29.2 Å². The van der Waals surface area contributed by atoms with Crippen molar-refractivity contribution in [2.45, 2.75) is 68.5 Å². The predicted octanol–water partition coefficient (Wildman–Crippen LogP) is 2.93. The third-order valence-corrected chi connectivity index (χ3v) is 8.26. The van der Waals surface area contributed by atoms with Crippen molar-refractivity contribution in [1.82, 2.24) is 25.0 Å². The number of anilines is 1. The number of benzene rings is 1. The first-order valence-corrected chi connectivity index (χ1v) is 13.0. The van der Waals surface area contributed by atoms with Gasteiger partial charge in [-0.2, -0.15) is 0 Å². The predicted molar refractivity (Wildman–Crippen MR) is 131 cm³/mol. The fraction of sp³-hybridized carbons (Fsp3) is 0.565. The number of rotatable bonds is 8. The summed E-state index contributed by atoms with van der Waals surface area (Å²) in [4.78, 5) is 9.43. The van der Waals surface area contributed by atoms with Crippen LogP contribution in [0.2, 0.25) is 5.02 Å². The number of nitrogens with one attached hydrogen (secondary N) is 1. The van der Waals surface area contributed by atoms with Crippen LogP contribution >= 0.6 is 23.4 Å². The van der Waals surface area contributed by atoms with Crippen LogP contribution in [0.5, 0.6) is 0 Å². The molecule has 0 bridgehead atoms. The molecule has 2 aliphatic carbocycles. The van der Waals surface area contributed by atoms with Crippen molar-refractivity contribution < 1.29 is 15.3 Å². The van der Waals surface area contributed by atoms with Crippen LogP contribution in [0, 0.1) is 12.8 Å². The van der Waals surface area contributed by atoms with E-state index in [0.29, 0.717) is 34.5 Å². The zero-order valence-electron chi connectivity index (χ0n) is 19.1. The van der Waals surface area contributed by atoms with Crippen molar-refractivity contribution in [1.29, 1.82) is 0 Å². The SMILES string of the molecule is CCCSc1nc(NC2CC2c2ccc(Cl)c(C)c2)c2nnn([C@@H]3C[C@H](CO)[C@@H](O)[C@H]3O)c2n1. The lowest BCUT2D eigenvalue weighted by molar-refractivity contribution is -0.00512. The molecule has 9 nitrogen and oxygen atoms in total. The summed E-state index contributed by atoms with van der Waals surface area (Å²) in [5.41, 5.74) is 3.36. The highest BCUT2D eigenvalue weighted by molar-refractivity contribution is 7.99. The Balaban J connectivity index is 1.45. The maximum atomic E-state index is 10.6. The van der Waals surface area contributed by atoms with Gasteiger partial charge in [0.2, 0.25) is 0 Å². The Hall–Kier alpha value is -1.98. The van der Waals surface area contributed by atoms with Crippen LogP contribution in [0.3, 0.4) is 0 Å². The molecule has 2 aromatic heterocycles. The molecule has 0 amide bonds. The van der Waals surface area contributed by atoms with E-state index in [4.69, 9.17) is 21.6 Å². The van der Waals surface area contributed by atoms with Gasteiger partial charge < -0.3 is 20.6 Å². The molecule has 3 aromatic rings. The summed E-state index contributed by atoms with van der Waals surface area (Å²) in [7, 11) is 0. The van der Waals surface area contributed by atoms with E-state index in [1.54, 1.807) is 16.4 Å². The number of aliphatic hydroxyl groups excluding tert-OH is 3. The highest BCUT2D eigenvalue weighted by atomic mass is 35.5. The van der Waals surface area contributed by atoms with E-state index < -0.39 is 24.2 Å². The van der Waals surface area contributed by atoms with Gasteiger partial charge >= 0.3 is 0 Å². The van der Waals surface area contributed by atoms with Crippen LogP contribution in [0.25, 0.3) is 11.2 Å². The number of aryl methyl sites for hydroxylation is 1. The molecule has 4 N–H and O–H groups in total. The standard InChI is InChI=1S/C23H29ClN6O3S/c1-3-6-34-23-26-21(25-16-9-14(16)12-4-5-15(24)11(2)7-12)18-22(27-23)30(29-28-18)17-8-13(10-31)19(32)20(17)33/h4-5,7,13-14,16-17,19-20,31-33H,3,6,8-10H2,1-2H3,(H,25,26,27)/t13-,14?,16?,17-,19-,20+/m1/s1. The number of aromatic nitrogens is 5. The number of aliphatic hydroxyl groups is 3. The largest absolute Gasteiger partial charge is 0.396 e. The summed E-state index contributed by atoms with van der Waals surface area (Å²) >= 11 is 7.75. The van der Waals surface area contributed by atoms with E-state index >= 15 is 0 Å². The Morgan fingerprint density at radius 1 is 1.21 bits per heavy atom. The maximum Gasteiger partial charge on any atom is 0.191 e. The molecular weight excluding hydrogens is 476 g/mol. The first kappa shape index (κ1) is 23.7. The minimum atomic E-state index is -1.05. The van der Waals surface area contributed by atoms with Gasteiger partial charge in [-0.1, -0.05) is 47.6 Å². The van der Waals surface area contributed by atoms with Crippen molar-refractivity contribution in [3.63, 3.8) is 0 Å². The molecule has 11 heteroatoms. The molecule has 2 fully saturated rings. The normalized spacial score (nSPS) is 28.5. The summed E-state index contributed by atoms with van der Waals surface area (Å²) < 4.78 is 1.58. The lowest BCUT2D eigenvalue weighted by Gasteiger charge is -2.17. The van der Waals surface area contributed by atoms with E-state index in [2.05, 4.69) is 34.7 Å². The van der Waals surface area contributed by atoms with Crippen molar-refractivity contribution in [2.75, 3.05) is 17.7 Å². The molecule has 0 aliphatic heterocycles. The third-order valence-electron chi connectivity index (χ3n) is 6.78. The Labute approximate surface area is 206 Å². The molecule has 6 atom stereocenters. The number of fused-ring (bicyclic) bond motifs is 1. The van der Waals surface area contributed by atoms with E-state index in [9.17, 15) is 15.3 Å². The Kier molecular flexibility index (Phi) is 6.69. The average Bonchev–Trinajstić information content (AvgIpc) is 3.37. The summed E-state index contributed by atoms with van der Waals surface area (Å²) in [6, 6.07) is 5.84. The minimum absolute atomic E-state index is 0.200. The van der Waals surface area contributed by atoms with Crippen molar-refractivity contribution in [3.8, 4) is 0 Å². The van der Waals surface area contributed by atoms with Gasteiger partial charge in [0.05, 0.1) is 12.1 Å². The van der Waals surface area contributed by atoms with Gasteiger partial charge in [0.1, 0.15) is 6.10 Å². The smallest absolute Gasteiger partial charge is 0.191 e. The molecule has 1 aromatic carbocycles. The molecule has 2 aliphatic rings. The highest BCUT2D eigenvalue weighted by Gasteiger charge is 2.44. The summed E-state index contributed by atoms with van der Waals surface area (Å²) in [5, 5.41) is 44.0. The second-order valence-electron chi connectivity index (χ2n) is 9.24. The van der Waals surface area contributed by atoms with Crippen LogP contribution in [-0.4, -0.2) is 70.9 Å². The quantitative estimate of drug-likeness (QED) is 0.270. The molecule has 182 valence electrons. The Morgan fingerprint density at radius 3 is 2.74 bits per heavy atom. The summed E-state index contributed by atoms with van der Waals surface area (Å²) in [6.07, 6.45) is 0.281. The van der Waals surface area contributed by atoms with Crippen molar-refractivity contribution in [3.05, 3.63) is 34.3 Å². The van der Waals surface area contributed by atoms with Gasteiger partial charge in [0, 0.05) is 35.3 Å². The lowest BCUT2D eigenvalue weighted by Crippen LogP contribution is -2.30. The average molecular weight is 505 g/mol. The molecule has 5 rings (SSSR count). The number of hydrogen-bond donors (Lipinski definition) is 4. The molecule has 0 spiro atoms. The first-order chi connectivity index (χ1) is 16.4. The van der Waals surface area contributed by atoms with Crippen LogP contribution in [0.1, 0.15) is 49.3 Å². The number of halogens is 1. The van der Waals surface area contributed by atoms with Crippen molar-refractivity contribution in [2.24, 2.45) is 5.92 Å². The summed E-state index contributed by atoms with van der Waals surface area (Å²) in [6.45, 7) is 3.91. The first-order valence-electron chi connectivity index (χ1n) is 11.7. The third kappa shape index (κ3) is 4.37. The minimum Gasteiger partial charge on any atom is -0.396 e. The molecule has 2 heterocycles. The monoisotopic (exact) mass is 504 g/mol. The molecule has 0 saturated heterocycles. The Morgan fingerprint density at radius 2 is 2.03 bits per heavy atom. The van der Waals surface area contributed by atoms with E-state index in [1.165, 1.54) is 5.56 Å². The molecule has 2 saturated carbocycles. The fourth-order valence-corrected chi connectivity index (χ4v) is 5.52. The van der Waals surface area contributed by atoms with Gasteiger partial charge in [-0.05, 0) is 43.4 Å². The van der Waals surface area contributed by atoms with E-state index in [1.807, 2.05) is 13.0 Å². The van der Waals surface area contributed by atoms with Gasteiger partial charge in [-0.3, -0.25) is 0 Å².